The molecule has 3 aromatic carbocycles. The van der Waals surface area contributed by atoms with Crippen LogP contribution < -0.4 is 5.32 Å². The summed E-state index contributed by atoms with van der Waals surface area (Å²) in [5, 5.41) is 3.53. The first-order valence-electron chi connectivity index (χ1n) is 6.93. The summed E-state index contributed by atoms with van der Waals surface area (Å²) in [6, 6.07) is 25.8. The van der Waals surface area contributed by atoms with Gasteiger partial charge >= 0.3 is 0 Å². The summed E-state index contributed by atoms with van der Waals surface area (Å²) in [5.41, 5.74) is 7.76. The molecule has 0 aliphatic carbocycles. The predicted octanol–water partition coefficient (Wildman–Crippen LogP) is 4.95. The van der Waals surface area contributed by atoms with Crippen molar-refractivity contribution in [3.05, 3.63) is 78.4 Å². The van der Waals surface area contributed by atoms with Gasteiger partial charge in [0, 0.05) is 17.8 Å². The second kappa shape index (κ2) is 4.53. The fourth-order valence-corrected chi connectivity index (χ4v) is 2.86. The molecule has 0 radical (unpaired) electrons. The SMILES string of the molecule is c1ccc(-c2ccc3c(c2)NCc2ccccc2-3)cc1. The van der Waals surface area contributed by atoms with E-state index in [2.05, 4.69) is 78.1 Å². The van der Waals surface area contributed by atoms with Crippen molar-refractivity contribution in [2.75, 3.05) is 5.32 Å². The minimum Gasteiger partial charge on any atom is -0.380 e. The number of hydrogen-bond donors (Lipinski definition) is 1. The molecule has 0 aromatic heterocycles. The molecular formula is C19H15N. The second-order valence-electron chi connectivity index (χ2n) is 5.14. The third kappa shape index (κ3) is 1.79. The molecule has 1 aliphatic rings. The Morgan fingerprint density at radius 1 is 0.650 bits per heavy atom. The lowest BCUT2D eigenvalue weighted by Gasteiger charge is -2.22. The molecule has 1 aliphatic heterocycles. The van der Waals surface area contributed by atoms with Gasteiger partial charge in [0.2, 0.25) is 0 Å². The molecule has 0 saturated carbocycles. The highest BCUT2D eigenvalue weighted by Gasteiger charge is 2.15. The van der Waals surface area contributed by atoms with Gasteiger partial charge in [0.05, 0.1) is 0 Å². The van der Waals surface area contributed by atoms with Gasteiger partial charge < -0.3 is 5.32 Å². The Morgan fingerprint density at radius 3 is 2.35 bits per heavy atom. The molecule has 0 amide bonds. The van der Waals surface area contributed by atoms with Gasteiger partial charge in [0.1, 0.15) is 0 Å². The monoisotopic (exact) mass is 257 g/mol. The molecule has 0 unspecified atom stereocenters. The molecule has 1 N–H and O–H groups in total. The van der Waals surface area contributed by atoms with E-state index in [1.807, 2.05) is 0 Å². The number of rotatable bonds is 1. The fraction of sp³-hybridized carbons (Fsp3) is 0.0526. The van der Waals surface area contributed by atoms with E-state index in [9.17, 15) is 0 Å². The molecule has 20 heavy (non-hydrogen) atoms. The highest BCUT2D eigenvalue weighted by Crippen LogP contribution is 2.37. The average molecular weight is 257 g/mol. The van der Waals surface area contributed by atoms with Crippen molar-refractivity contribution in [3.8, 4) is 22.3 Å². The standard InChI is InChI=1S/C19H15N/c1-2-6-14(7-3-1)15-10-11-18-17-9-5-4-8-16(17)13-20-19(18)12-15/h1-12,20H,13H2. The van der Waals surface area contributed by atoms with Crippen molar-refractivity contribution in [2.45, 2.75) is 6.54 Å². The number of hydrogen-bond acceptors (Lipinski definition) is 1. The highest BCUT2D eigenvalue weighted by molar-refractivity contribution is 5.86. The van der Waals surface area contributed by atoms with Crippen molar-refractivity contribution in [1.29, 1.82) is 0 Å². The molecule has 0 spiro atoms. The van der Waals surface area contributed by atoms with Crippen LogP contribution in [-0.4, -0.2) is 0 Å². The minimum absolute atomic E-state index is 0.904. The van der Waals surface area contributed by atoms with Crippen LogP contribution in [0.3, 0.4) is 0 Å². The minimum atomic E-state index is 0.904. The molecule has 0 bridgehead atoms. The zero-order valence-electron chi connectivity index (χ0n) is 11.1. The van der Waals surface area contributed by atoms with Gasteiger partial charge in [-0.15, -0.1) is 0 Å². The zero-order chi connectivity index (χ0) is 13.4. The Bertz CT molecular complexity index is 760. The van der Waals surface area contributed by atoms with E-state index >= 15 is 0 Å². The van der Waals surface area contributed by atoms with Gasteiger partial charge in [0.15, 0.2) is 0 Å². The molecule has 3 aromatic rings. The van der Waals surface area contributed by atoms with Gasteiger partial charge in [-0.05, 0) is 28.3 Å². The van der Waals surface area contributed by atoms with Crippen LogP contribution in [0.5, 0.6) is 0 Å². The maximum Gasteiger partial charge on any atom is 0.0428 e. The Kier molecular flexibility index (Phi) is 2.56. The Balaban J connectivity index is 1.85. The molecule has 1 heterocycles. The molecule has 0 fully saturated rings. The van der Waals surface area contributed by atoms with E-state index in [-0.39, 0.29) is 0 Å². The van der Waals surface area contributed by atoms with Gasteiger partial charge in [0.25, 0.3) is 0 Å². The Labute approximate surface area is 118 Å². The lowest BCUT2D eigenvalue weighted by molar-refractivity contribution is 1.13. The summed E-state index contributed by atoms with van der Waals surface area (Å²) >= 11 is 0. The molecule has 4 rings (SSSR count). The van der Waals surface area contributed by atoms with Crippen molar-refractivity contribution in [2.24, 2.45) is 0 Å². The largest absolute Gasteiger partial charge is 0.380 e. The van der Waals surface area contributed by atoms with Gasteiger partial charge in [-0.1, -0.05) is 66.7 Å². The van der Waals surface area contributed by atoms with Crippen molar-refractivity contribution in [3.63, 3.8) is 0 Å². The van der Waals surface area contributed by atoms with Gasteiger partial charge in [-0.2, -0.15) is 0 Å². The Hall–Kier alpha value is -2.54. The lowest BCUT2D eigenvalue weighted by atomic mass is 9.92. The van der Waals surface area contributed by atoms with Gasteiger partial charge in [-0.25, -0.2) is 0 Å². The molecule has 0 saturated heterocycles. The summed E-state index contributed by atoms with van der Waals surface area (Å²) < 4.78 is 0. The van der Waals surface area contributed by atoms with E-state index in [0.29, 0.717) is 0 Å². The maximum absolute atomic E-state index is 3.53. The highest BCUT2D eigenvalue weighted by atomic mass is 14.9. The topological polar surface area (TPSA) is 12.0 Å². The van der Waals surface area contributed by atoms with Crippen LogP contribution in [0.25, 0.3) is 22.3 Å². The first kappa shape index (κ1) is 11.3. The van der Waals surface area contributed by atoms with Crippen molar-refractivity contribution < 1.29 is 0 Å². The number of nitrogens with one attached hydrogen (secondary N) is 1. The van der Waals surface area contributed by atoms with Crippen LogP contribution >= 0.6 is 0 Å². The van der Waals surface area contributed by atoms with Crippen LogP contribution in [0.15, 0.2) is 72.8 Å². The normalized spacial score (nSPS) is 12.2. The van der Waals surface area contributed by atoms with E-state index in [1.54, 1.807) is 0 Å². The predicted molar refractivity (Wildman–Crippen MR) is 84.6 cm³/mol. The van der Waals surface area contributed by atoms with Crippen LogP contribution in [0.2, 0.25) is 0 Å². The van der Waals surface area contributed by atoms with Crippen molar-refractivity contribution >= 4 is 5.69 Å². The van der Waals surface area contributed by atoms with Gasteiger partial charge in [-0.3, -0.25) is 0 Å². The number of fused-ring (bicyclic) bond motifs is 3. The molecular weight excluding hydrogens is 242 g/mol. The molecule has 1 nitrogen and oxygen atoms in total. The van der Waals surface area contributed by atoms with E-state index in [1.165, 1.54) is 33.5 Å². The maximum atomic E-state index is 3.53. The molecule has 1 heteroatoms. The third-order valence-corrected chi connectivity index (χ3v) is 3.90. The van der Waals surface area contributed by atoms with Crippen LogP contribution in [-0.2, 0) is 6.54 Å². The summed E-state index contributed by atoms with van der Waals surface area (Å²) in [6.45, 7) is 0.904. The summed E-state index contributed by atoms with van der Waals surface area (Å²) in [4.78, 5) is 0. The third-order valence-electron chi connectivity index (χ3n) is 3.90. The quantitative estimate of drug-likeness (QED) is 0.650. The first-order chi connectivity index (χ1) is 9.92. The fourth-order valence-electron chi connectivity index (χ4n) is 2.86. The Morgan fingerprint density at radius 2 is 1.45 bits per heavy atom. The van der Waals surface area contributed by atoms with Crippen LogP contribution in [0.1, 0.15) is 5.56 Å². The van der Waals surface area contributed by atoms with Crippen LogP contribution in [0.4, 0.5) is 5.69 Å². The summed E-state index contributed by atoms with van der Waals surface area (Å²) in [5.74, 6) is 0. The summed E-state index contributed by atoms with van der Waals surface area (Å²) in [6.07, 6.45) is 0. The van der Waals surface area contributed by atoms with Crippen molar-refractivity contribution in [1.82, 2.24) is 0 Å². The smallest absolute Gasteiger partial charge is 0.0428 e. The average Bonchev–Trinajstić information content (AvgIpc) is 2.55. The number of benzene rings is 3. The summed E-state index contributed by atoms with van der Waals surface area (Å²) in [7, 11) is 0. The lowest BCUT2D eigenvalue weighted by Crippen LogP contribution is -2.08. The molecule has 0 atom stereocenters. The second-order valence-corrected chi connectivity index (χ2v) is 5.14. The van der Waals surface area contributed by atoms with Crippen LogP contribution in [0, 0.1) is 0 Å². The van der Waals surface area contributed by atoms with E-state index in [0.717, 1.165) is 6.54 Å². The molecule has 96 valence electrons. The zero-order valence-corrected chi connectivity index (χ0v) is 11.1. The first-order valence-corrected chi connectivity index (χ1v) is 6.93. The van der Waals surface area contributed by atoms with E-state index < -0.39 is 0 Å². The number of anilines is 1. The van der Waals surface area contributed by atoms with E-state index in [4.69, 9.17) is 0 Å².